The van der Waals surface area contributed by atoms with Gasteiger partial charge in [-0.25, -0.2) is 0 Å². The topological polar surface area (TPSA) is 175 Å². The van der Waals surface area contributed by atoms with Crippen LogP contribution >= 0.6 is 0 Å². The van der Waals surface area contributed by atoms with Gasteiger partial charge in [0.2, 0.25) is 5.91 Å². The lowest BCUT2D eigenvalue weighted by Crippen LogP contribution is -2.60. The van der Waals surface area contributed by atoms with Crippen molar-refractivity contribution < 1.29 is 49.3 Å². The number of rotatable bonds is 67. The molecule has 6 N–H and O–H groups in total. The van der Waals surface area contributed by atoms with Gasteiger partial charge in [0.1, 0.15) is 24.4 Å². The Kier molecular flexibility index (Phi) is 62.8. The summed E-state index contributed by atoms with van der Waals surface area (Å²) in [5.74, 6) is -0.178. The van der Waals surface area contributed by atoms with E-state index >= 15 is 0 Å². The number of allylic oxidation sites excluding steroid dienone is 7. The summed E-state index contributed by atoms with van der Waals surface area (Å²) in [6, 6.07) is -0.826. The summed E-state index contributed by atoms with van der Waals surface area (Å²) in [5, 5.41) is 54.5. The Bertz CT molecular complexity index is 1600. The fraction of sp³-hybridized carbons (Fsp3) is 0.870. The molecule has 1 saturated heterocycles. The normalized spacial score (nSPS) is 18.0. The maximum Gasteiger partial charge on any atom is 0.305 e. The van der Waals surface area contributed by atoms with E-state index in [4.69, 9.17) is 14.2 Å². The molecule has 1 amide bonds. The number of unbranched alkanes of at least 4 members (excludes halogenated alkanes) is 47. The van der Waals surface area contributed by atoms with E-state index in [-0.39, 0.29) is 18.5 Å². The Morgan fingerprint density at radius 2 is 0.773 bits per heavy atom. The summed E-state index contributed by atoms with van der Waals surface area (Å²) in [6.45, 7) is 4.36. The number of hydrogen-bond acceptors (Lipinski definition) is 10. The Balaban J connectivity index is 1.96. The van der Waals surface area contributed by atoms with Crippen LogP contribution in [-0.4, -0.2) is 100 Å². The minimum absolute atomic E-state index is 0.00982. The second-order valence-corrected chi connectivity index (χ2v) is 26.3. The second kappa shape index (κ2) is 66.1. The minimum atomic E-state index is -1.58. The van der Waals surface area contributed by atoms with Crippen LogP contribution in [0.15, 0.2) is 48.6 Å². The van der Waals surface area contributed by atoms with Gasteiger partial charge in [0.25, 0.3) is 0 Å². The standard InChI is InChI=1S/C77H143NO10/c1-3-5-7-9-11-13-15-16-40-44-47-51-55-59-63-70(80)69(68-87-77-76(85)75(84)74(83)71(67-79)88-77)78-72(81)64-60-56-52-48-45-41-38-36-34-32-30-28-26-24-22-20-18-17-19-21-23-25-27-29-31-33-35-37-39-42-46-50-54-58-62-66-86-73(82)65-61-57-53-49-43-14-12-10-8-6-4-2/h19,21,25,27,44,47,59,63,69-71,74-77,79-80,83-85H,3-18,20,22-24,26,28-43,45-46,48-58,60-62,64-68H2,1-2H3,(H,78,81)/b21-19-,27-25-,47-44+,63-59+. The Hall–Kier alpha value is -2.38. The van der Waals surface area contributed by atoms with Crippen molar-refractivity contribution in [2.24, 2.45) is 0 Å². The molecule has 11 heteroatoms. The van der Waals surface area contributed by atoms with Crippen LogP contribution in [0.5, 0.6) is 0 Å². The zero-order valence-corrected chi connectivity index (χ0v) is 57.4. The van der Waals surface area contributed by atoms with E-state index in [0.717, 1.165) is 57.8 Å². The van der Waals surface area contributed by atoms with E-state index in [1.807, 2.05) is 6.08 Å². The van der Waals surface area contributed by atoms with Crippen molar-refractivity contribution in [1.29, 1.82) is 0 Å². The lowest BCUT2D eigenvalue weighted by Gasteiger charge is -2.40. The maximum absolute atomic E-state index is 13.1. The van der Waals surface area contributed by atoms with Gasteiger partial charge in [-0.05, 0) is 77.0 Å². The van der Waals surface area contributed by atoms with Gasteiger partial charge in [-0.2, -0.15) is 0 Å². The van der Waals surface area contributed by atoms with Crippen LogP contribution in [0.2, 0.25) is 0 Å². The number of hydrogen-bond donors (Lipinski definition) is 6. The molecular formula is C77H143NO10. The molecular weight excluding hydrogens is 1100 g/mol. The average molecular weight is 1240 g/mol. The van der Waals surface area contributed by atoms with Crippen LogP contribution in [0.4, 0.5) is 0 Å². The number of aliphatic hydroxyl groups excluding tert-OH is 5. The maximum atomic E-state index is 13.1. The third-order valence-electron chi connectivity index (χ3n) is 17.9. The van der Waals surface area contributed by atoms with Gasteiger partial charge >= 0.3 is 5.97 Å². The molecule has 0 spiro atoms. The molecule has 0 aromatic carbocycles. The first kappa shape index (κ1) is 83.6. The highest BCUT2D eigenvalue weighted by atomic mass is 16.7. The summed E-state index contributed by atoms with van der Waals surface area (Å²) in [4.78, 5) is 25.1. The first-order valence-electron chi connectivity index (χ1n) is 37.9. The van der Waals surface area contributed by atoms with Gasteiger partial charge in [0.05, 0.1) is 32.0 Å². The number of carbonyl (C=O) groups excluding carboxylic acids is 2. The highest BCUT2D eigenvalue weighted by molar-refractivity contribution is 5.76. The molecule has 1 rings (SSSR count). The van der Waals surface area contributed by atoms with Crippen LogP contribution in [0.25, 0.3) is 0 Å². The molecule has 0 radical (unpaired) electrons. The minimum Gasteiger partial charge on any atom is -0.466 e. The first-order chi connectivity index (χ1) is 43.2. The number of esters is 1. The largest absolute Gasteiger partial charge is 0.466 e. The summed E-state index contributed by atoms with van der Waals surface area (Å²) in [7, 11) is 0. The van der Waals surface area contributed by atoms with Gasteiger partial charge in [-0.15, -0.1) is 0 Å². The van der Waals surface area contributed by atoms with E-state index < -0.39 is 49.5 Å². The lowest BCUT2D eigenvalue weighted by atomic mass is 9.99. The van der Waals surface area contributed by atoms with E-state index in [1.54, 1.807) is 6.08 Å². The molecule has 0 saturated carbocycles. The predicted molar refractivity (Wildman–Crippen MR) is 370 cm³/mol. The molecule has 0 aliphatic carbocycles. The number of aliphatic hydroxyl groups is 5. The van der Waals surface area contributed by atoms with Gasteiger partial charge in [-0.1, -0.05) is 326 Å². The van der Waals surface area contributed by atoms with Crippen LogP contribution in [-0.2, 0) is 23.8 Å². The highest BCUT2D eigenvalue weighted by Crippen LogP contribution is 2.23. The summed E-state index contributed by atoms with van der Waals surface area (Å²) in [6.07, 6.45) is 76.9. The van der Waals surface area contributed by atoms with E-state index in [1.165, 1.54) is 283 Å². The second-order valence-electron chi connectivity index (χ2n) is 26.3. The first-order valence-corrected chi connectivity index (χ1v) is 37.9. The van der Waals surface area contributed by atoms with Gasteiger partial charge in [0, 0.05) is 12.8 Å². The number of nitrogens with one attached hydrogen (secondary N) is 1. The molecule has 1 aliphatic rings. The molecule has 88 heavy (non-hydrogen) atoms. The predicted octanol–water partition coefficient (Wildman–Crippen LogP) is 19.9. The molecule has 1 aliphatic heterocycles. The van der Waals surface area contributed by atoms with Crippen LogP contribution < -0.4 is 5.32 Å². The van der Waals surface area contributed by atoms with Crippen molar-refractivity contribution in [1.82, 2.24) is 5.32 Å². The summed E-state index contributed by atoms with van der Waals surface area (Å²) in [5.41, 5.74) is 0. The van der Waals surface area contributed by atoms with E-state index in [0.29, 0.717) is 19.4 Å². The monoisotopic (exact) mass is 1240 g/mol. The Labute approximate surface area is 542 Å². The van der Waals surface area contributed by atoms with Crippen LogP contribution in [0.1, 0.15) is 367 Å². The molecule has 0 aromatic heterocycles. The summed E-state index contributed by atoms with van der Waals surface area (Å²) >= 11 is 0. The van der Waals surface area contributed by atoms with Crippen LogP contribution in [0.3, 0.4) is 0 Å². The van der Waals surface area contributed by atoms with Crippen molar-refractivity contribution in [2.45, 2.75) is 410 Å². The third-order valence-corrected chi connectivity index (χ3v) is 17.9. The molecule has 0 bridgehead atoms. The molecule has 11 nitrogen and oxygen atoms in total. The zero-order valence-electron chi connectivity index (χ0n) is 57.4. The molecule has 7 unspecified atom stereocenters. The quantitative estimate of drug-likeness (QED) is 0.0195. The molecule has 516 valence electrons. The van der Waals surface area contributed by atoms with Gasteiger partial charge < -0.3 is 45.1 Å². The van der Waals surface area contributed by atoms with Crippen LogP contribution in [0, 0.1) is 0 Å². The number of carbonyl (C=O) groups is 2. The highest BCUT2D eigenvalue weighted by Gasteiger charge is 2.44. The number of ether oxygens (including phenoxy) is 3. The fourth-order valence-electron chi connectivity index (χ4n) is 12.0. The molecule has 0 aromatic rings. The van der Waals surface area contributed by atoms with E-state index in [2.05, 4.69) is 55.6 Å². The van der Waals surface area contributed by atoms with Crippen molar-refractivity contribution in [3.8, 4) is 0 Å². The SMILES string of the molecule is CCCCCCCCCC/C=C/CC/C=C/C(O)C(COC1OC(CO)C(O)C(O)C1O)NC(=O)CCCCCCCCCCCCCCCCCCC/C=C\C/C=C\CCCCCCCCCCCCCOC(=O)CCCCCCCCCCCCC. The molecule has 1 fully saturated rings. The smallest absolute Gasteiger partial charge is 0.305 e. The number of amides is 1. The average Bonchev–Trinajstić information content (AvgIpc) is 3.73. The van der Waals surface area contributed by atoms with Crippen molar-refractivity contribution in [3.05, 3.63) is 48.6 Å². The molecule has 1 heterocycles. The van der Waals surface area contributed by atoms with Gasteiger partial charge in [0.15, 0.2) is 6.29 Å². The van der Waals surface area contributed by atoms with E-state index in [9.17, 15) is 35.1 Å². The lowest BCUT2D eigenvalue weighted by molar-refractivity contribution is -0.302. The Morgan fingerprint density at radius 3 is 1.19 bits per heavy atom. The molecule has 7 atom stereocenters. The van der Waals surface area contributed by atoms with Crippen molar-refractivity contribution in [2.75, 3.05) is 19.8 Å². The Morgan fingerprint density at radius 1 is 0.420 bits per heavy atom. The van der Waals surface area contributed by atoms with Crippen molar-refractivity contribution in [3.63, 3.8) is 0 Å². The summed E-state index contributed by atoms with van der Waals surface area (Å²) < 4.78 is 16.7. The van der Waals surface area contributed by atoms with Crippen molar-refractivity contribution >= 4 is 11.9 Å². The zero-order chi connectivity index (χ0) is 63.7. The third kappa shape index (κ3) is 54.2. The fourth-order valence-corrected chi connectivity index (χ4v) is 12.0. The van der Waals surface area contributed by atoms with Gasteiger partial charge in [-0.3, -0.25) is 9.59 Å².